The first-order valence-electron chi connectivity index (χ1n) is 9.89. The summed E-state index contributed by atoms with van der Waals surface area (Å²) in [4.78, 5) is 23.6. The van der Waals surface area contributed by atoms with E-state index >= 15 is 0 Å². The molecule has 0 aliphatic heterocycles. The smallest absolute Gasteiger partial charge is 0.326 e. The molecule has 0 bridgehead atoms. The highest BCUT2D eigenvalue weighted by Gasteiger charge is 2.33. The Hall–Kier alpha value is -3.86. The topological polar surface area (TPSA) is 95.6 Å². The summed E-state index contributed by atoms with van der Waals surface area (Å²) in [5.41, 5.74) is -0.565. The molecular formula is C23H20F3N3O4S. The van der Waals surface area contributed by atoms with Crippen LogP contribution in [0.1, 0.15) is 12.5 Å². The van der Waals surface area contributed by atoms with Crippen LogP contribution >= 0.6 is 0 Å². The van der Waals surface area contributed by atoms with Gasteiger partial charge >= 0.3 is 6.18 Å². The van der Waals surface area contributed by atoms with Crippen LogP contribution < -0.4 is 14.9 Å². The lowest BCUT2D eigenvalue weighted by molar-refractivity contribution is -0.137. The van der Waals surface area contributed by atoms with Gasteiger partial charge in [-0.15, -0.1) is 0 Å². The number of benzene rings is 3. The number of nitrogens with one attached hydrogen (secondary N) is 2. The van der Waals surface area contributed by atoms with Gasteiger partial charge < -0.3 is 10.6 Å². The van der Waals surface area contributed by atoms with Gasteiger partial charge in [-0.2, -0.15) is 13.2 Å². The van der Waals surface area contributed by atoms with E-state index in [1.54, 1.807) is 6.07 Å². The van der Waals surface area contributed by atoms with Crippen molar-refractivity contribution in [3.05, 3.63) is 84.4 Å². The Labute approximate surface area is 194 Å². The van der Waals surface area contributed by atoms with E-state index in [2.05, 4.69) is 10.6 Å². The maximum absolute atomic E-state index is 13.3. The first kappa shape index (κ1) is 24.8. The molecule has 3 rings (SSSR count). The van der Waals surface area contributed by atoms with Gasteiger partial charge in [0.25, 0.3) is 10.0 Å². The van der Waals surface area contributed by atoms with E-state index in [-0.39, 0.29) is 16.5 Å². The number of carbonyl (C=O) groups excluding carboxylic acids is 2. The number of hydrogen-bond acceptors (Lipinski definition) is 4. The predicted molar refractivity (Wildman–Crippen MR) is 122 cm³/mol. The molecule has 0 heterocycles. The summed E-state index contributed by atoms with van der Waals surface area (Å²) in [5, 5.41) is 5.07. The molecule has 0 fully saturated rings. The minimum atomic E-state index is -4.70. The summed E-state index contributed by atoms with van der Waals surface area (Å²) in [5.74, 6) is -1.05. The van der Waals surface area contributed by atoms with E-state index < -0.39 is 34.2 Å². The van der Waals surface area contributed by atoms with Crippen LogP contribution in [0, 0.1) is 0 Å². The van der Waals surface area contributed by atoms with Crippen LogP contribution in [-0.4, -0.2) is 26.8 Å². The average Bonchev–Trinajstić information content (AvgIpc) is 2.78. The first-order chi connectivity index (χ1) is 16.0. The standard InChI is InChI=1S/C23H20F3N3O4S/c1-16(30)27-18-10-12-19(13-11-18)28-22(31)15-29(34(32,33)21-8-3-2-4-9-21)20-7-5-6-17(14-20)23(24,25)26/h2-14H,15H2,1H3,(H,27,30)(H,28,31). The normalized spacial score (nSPS) is 11.5. The molecule has 0 radical (unpaired) electrons. The molecule has 11 heteroatoms. The van der Waals surface area contributed by atoms with Crippen LogP contribution in [-0.2, 0) is 25.8 Å². The minimum absolute atomic E-state index is 0.181. The largest absolute Gasteiger partial charge is 0.416 e. The molecule has 34 heavy (non-hydrogen) atoms. The van der Waals surface area contributed by atoms with Gasteiger partial charge in [0.15, 0.2) is 0 Å². The maximum atomic E-state index is 13.3. The Morgan fingerprint density at radius 1 is 0.853 bits per heavy atom. The maximum Gasteiger partial charge on any atom is 0.416 e. The van der Waals surface area contributed by atoms with Crippen LogP contribution in [0.15, 0.2) is 83.8 Å². The second kappa shape index (κ2) is 9.96. The van der Waals surface area contributed by atoms with Gasteiger partial charge in [0.05, 0.1) is 16.1 Å². The van der Waals surface area contributed by atoms with Gasteiger partial charge in [0.1, 0.15) is 6.54 Å². The molecule has 178 valence electrons. The fourth-order valence-electron chi connectivity index (χ4n) is 3.04. The lowest BCUT2D eigenvalue weighted by atomic mass is 10.2. The van der Waals surface area contributed by atoms with Gasteiger partial charge in [-0.3, -0.25) is 13.9 Å². The van der Waals surface area contributed by atoms with E-state index in [9.17, 15) is 31.2 Å². The van der Waals surface area contributed by atoms with Crippen molar-refractivity contribution in [2.45, 2.75) is 18.0 Å². The number of amides is 2. The van der Waals surface area contributed by atoms with Crippen molar-refractivity contribution in [3.63, 3.8) is 0 Å². The fourth-order valence-corrected chi connectivity index (χ4v) is 4.48. The molecule has 7 nitrogen and oxygen atoms in total. The third-order valence-electron chi connectivity index (χ3n) is 4.57. The molecule has 0 unspecified atom stereocenters. The number of hydrogen-bond donors (Lipinski definition) is 2. The Kier molecular flexibility index (Phi) is 7.26. The van der Waals surface area contributed by atoms with Crippen molar-refractivity contribution in [3.8, 4) is 0 Å². The molecule has 0 aliphatic rings. The summed E-state index contributed by atoms with van der Waals surface area (Å²) in [7, 11) is -4.37. The van der Waals surface area contributed by atoms with E-state index in [0.717, 1.165) is 12.1 Å². The number of anilines is 3. The van der Waals surface area contributed by atoms with Gasteiger partial charge in [0, 0.05) is 18.3 Å². The molecule has 0 aromatic heterocycles. The number of rotatable bonds is 7. The SMILES string of the molecule is CC(=O)Nc1ccc(NC(=O)CN(c2cccc(C(F)(F)F)c2)S(=O)(=O)c2ccccc2)cc1. The Balaban J connectivity index is 1.92. The van der Waals surface area contributed by atoms with Crippen LogP contribution in [0.5, 0.6) is 0 Å². The highest BCUT2D eigenvalue weighted by Crippen LogP contribution is 2.33. The summed E-state index contributed by atoms with van der Waals surface area (Å²) < 4.78 is 66.8. The number of carbonyl (C=O) groups is 2. The number of alkyl halides is 3. The highest BCUT2D eigenvalue weighted by atomic mass is 32.2. The summed E-state index contributed by atoms with van der Waals surface area (Å²) >= 11 is 0. The molecule has 0 saturated heterocycles. The van der Waals surface area contributed by atoms with Crippen molar-refractivity contribution in [2.75, 3.05) is 21.5 Å². The molecule has 0 spiro atoms. The Morgan fingerprint density at radius 3 is 2.00 bits per heavy atom. The molecule has 3 aromatic carbocycles. The van der Waals surface area contributed by atoms with Crippen molar-refractivity contribution in [1.29, 1.82) is 0 Å². The van der Waals surface area contributed by atoms with Crippen LogP contribution in [0.2, 0.25) is 0 Å². The van der Waals surface area contributed by atoms with Crippen molar-refractivity contribution >= 4 is 38.9 Å². The first-order valence-corrected chi connectivity index (χ1v) is 11.3. The number of nitrogens with zero attached hydrogens (tertiary/aromatic N) is 1. The molecule has 2 amide bonds. The molecule has 0 aliphatic carbocycles. The third kappa shape index (κ3) is 6.13. The van der Waals surface area contributed by atoms with Crippen molar-refractivity contribution < 1.29 is 31.2 Å². The second-order valence-electron chi connectivity index (χ2n) is 7.18. The quantitative estimate of drug-likeness (QED) is 0.509. The summed E-state index contributed by atoms with van der Waals surface area (Å²) in [6.45, 7) is 0.567. The van der Waals surface area contributed by atoms with Crippen LogP contribution in [0.25, 0.3) is 0 Å². The minimum Gasteiger partial charge on any atom is -0.326 e. The second-order valence-corrected chi connectivity index (χ2v) is 9.04. The number of sulfonamides is 1. The molecular weight excluding hydrogens is 471 g/mol. The van der Waals surface area contributed by atoms with E-state index in [1.807, 2.05) is 0 Å². The third-order valence-corrected chi connectivity index (χ3v) is 6.36. The predicted octanol–water partition coefficient (Wildman–Crippen LogP) is 4.50. The average molecular weight is 491 g/mol. The van der Waals surface area contributed by atoms with E-state index in [1.165, 1.54) is 61.5 Å². The van der Waals surface area contributed by atoms with Gasteiger partial charge in [0.2, 0.25) is 11.8 Å². The fraction of sp³-hybridized carbons (Fsp3) is 0.130. The van der Waals surface area contributed by atoms with Crippen LogP contribution in [0.3, 0.4) is 0 Å². The van der Waals surface area contributed by atoms with E-state index in [4.69, 9.17) is 0 Å². The highest BCUT2D eigenvalue weighted by molar-refractivity contribution is 7.92. The molecule has 0 saturated carbocycles. The van der Waals surface area contributed by atoms with Gasteiger partial charge in [-0.1, -0.05) is 24.3 Å². The van der Waals surface area contributed by atoms with Crippen molar-refractivity contribution in [1.82, 2.24) is 0 Å². The zero-order chi connectivity index (χ0) is 24.9. The lowest BCUT2D eigenvalue weighted by Gasteiger charge is -2.25. The Morgan fingerprint density at radius 2 is 1.44 bits per heavy atom. The molecule has 2 N–H and O–H groups in total. The lowest BCUT2D eigenvalue weighted by Crippen LogP contribution is -2.38. The zero-order valence-electron chi connectivity index (χ0n) is 17.8. The van der Waals surface area contributed by atoms with Gasteiger partial charge in [-0.25, -0.2) is 8.42 Å². The monoisotopic (exact) mass is 491 g/mol. The summed E-state index contributed by atoms with van der Waals surface area (Å²) in [6.07, 6.45) is -4.70. The summed E-state index contributed by atoms with van der Waals surface area (Å²) in [6, 6.07) is 16.9. The number of halogens is 3. The molecule has 0 atom stereocenters. The zero-order valence-corrected chi connectivity index (χ0v) is 18.7. The van der Waals surface area contributed by atoms with E-state index in [0.29, 0.717) is 21.7 Å². The molecule has 3 aromatic rings. The van der Waals surface area contributed by atoms with Gasteiger partial charge in [-0.05, 0) is 54.6 Å². The Bertz CT molecular complexity index is 1280. The van der Waals surface area contributed by atoms with Crippen LogP contribution in [0.4, 0.5) is 30.2 Å². The van der Waals surface area contributed by atoms with Crippen molar-refractivity contribution in [2.24, 2.45) is 0 Å².